The lowest BCUT2D eigenvalue weighted by atomic mass is 10.0. The highest BCUT2D eigenvalue weighted by molar-refractivity contribution is 5.27. The predicted molar refractivity (Wildman–Crippen MR) is 64.3 cm³/mol. The van der Waals surface area contributed by atoms with Gasteiger partial charge in [0, 0.05) is 11.7 Å². The van der Waals surface area contributed by atoms with E-state index in [4.69, 9.17) is 5.73 Å². The number of alkyl halides is 2. The Morgan fingerprint density at radius 1 is 1.29 bits per heavy atom. The molecule has 0 saturated carbocycles. The van der Waals surface area contributed by atoms with E-state index in [0.29, 0.717) is 12.8 Å². The zero-order valence-electron chi connectivity index (χ0n) is 10.7. The first kappa shape index (κ1) is 14.1. The maximum atomic E-state index is 12.5. The molecule has 0 amide bonds. The molecule has 0 spiro atoms. The summed E-state index contributed by atoms with van der Waals surface area (Å²) < 4.78 is 26.4. The van der Waals surface area contributed by atoms with Crippen molar-refractivity contribution >= 4 is 0 Å². The Balaban J connectivity index is 3.10. The smallest absolute Gasteiger partial charge is 0.257 e. The number of aryl methyl sites for hydroxylation is 1. The van der Waals surface area contributed by atoms with Crippen LogP contribution in [0.3, 0.4) is 0 Å². The van der Waals surface area contributed by atoms with Gasteiger partial charge in [-0.2, -0.15) is 5.10 Å². The van der Waals surface area contributed by atoms with E-state index in [1.54, 1.807) is 0 Å². The summed E-state index contributed by atoms with van der Waals surface area (Å²) in [5.41, 5.74) is 8.66. The molecule has 0 fully saturated rings. The van der Waals surface area contributed by atoms with Crippen LogP contribution in [0.5, 0.6) is 0 Å². The number of nitrogens with zero attached hydrogens (tertiary/aromatic N) is 2. The highest BCUT2D eigenvalue weighted by Crippen LogP contribution is 2.19. The van der Waals surface area contributed by atoms with Crippen LogP contribution in [0.25, 0.3) is 0 Å². The standard InChI is InChI=1S/C12H21F2N3/c1-4-10-9(6-8(3)15)11(5-2)17(16-10)7-12(13)14/h8,12H,4-7,15H2,1-3H3. The molecule has 5 heteroatoms. The lowest BCUT2D eigenvalue weighted by Gasteiger charge is -2.09. The summed E-state index contributed by atoms with van der Waals surface area (Å²) in [5.74, 6) is 0. The van der Waals surface area contributed by atoms with Gasteiger partial charge in [-0.15, -0.1) is 0 Å². The number of nitrogens with two attached hydrogens (primary N) is 1. The molecule has 0 aliphatic heterocycles. The molecule has 2 N–H and O–H groups in total. The van der Waals surface area contributed by atoms with Crippen molar-refractivity contribution in [2.75, 3.05) is 0 Å². The SMILES string of the molecule is CCc1nn(CC(F)F)c(CC)c1CC(C)N. The molecular weight excluding hydrogens is 224 g/mol. The molecule has 17 heavy (non-hydrogen) atoms. The number of halogens is 2. The minimum atomic E-state index is -2.37. The average molecular weight is 245 g/mol. The van der Waals surface area contributed by atoms with Gasteiger partial charge in [0.1, 0.15) is 6.54 Å². The molecule has 1 heterocycles. The van der Waals surface area contributed by atoms with Crippen LogP contribution in [-0.2, 0) is 25.8 Å². The molecule has 3 nitrogen and oxygen atoms in total. The van der Waals surface area contributed by atoms with Crippen LogP contribution >= 0.6 is 0 Å². The van der Waals surface area contributed by atoms with Crippen LogP contribution in [0.4, 0.5) is 8.78 Å². The summed E-state index contributed by atoms with van der Waals surface area (Å²) in [4.78, 5) is 0. The highest BCUT2D eigenvalue weighted by Gasteiger charge is 2.18. The summed E-state index contributed by atoms with van der Waals surface area (Å²) in [5, 5.41) is 4.27. The van der Waals surface area contributed by atoms with Crippen molar-refractivity contribution in [1.82, 2.24) is 9.78 Å². The van der Waals surface area contributed by atoms with Crippen molar-refractivity contribution in [1.29, 1.82) is 0 Å². The molecular formula is C12H21F2N3. The fourth-order valence-electron chi connectivity index (χ4n) is 2.11. The van der Waals surface area contributed by atoms with Crippen LogP contribution in [0, 0.1) is 0 Å². The molecule has 1 aromatic rings. The quantitative estimate of drug-likeness (QED) is 0.834. The monoisotopic (exact) mass is 245 g/mol. The molecule has 0 aliphatic carbocycles. The highest BCUT2D eigenvalue weighted by atomic mass is 19.3. The van der Waals surface area contributed by atoms with E-state index < -0.39 is 6.43 Å². The predicted octanol–water partition coefficient (Wildman–Crippen LogP) is 2.16. The molecule has 0 aromatic carbocycles. The minimum absolute atomic E-state index is 0.0230. The van der Waals surface area contributed by atoms with E-state index in [9.17, 15) is 8.78 Å². The van der Waals surface area contributed by atoms with Gasteiger partial charge in [0.15, 0.2) is 0 Å². The van der Waals surface area contributed by atoms with E-state index in [-0.39, 0.29) is 12.6 Å². The lowest BCUT2D eigenvalue weighted by molar-refractivity contribution is 0.120. The zero-order chi connectivity index (χ0) is 13.0. The molecule has 1 unspecified atom stereocenters. The number of hydrogen-bond donors (Lipinski definition) is 1. The summed E-state index contributed by atoms with van der Waals surface area (Å²) in [6.45, 7) is 5.54. The van der Waals surface area contributed by atoms with Crippen LogP contribution in [0.2, 0.25) is 0 Å². The minimum Gasteiger partial charge on any atom is -0.328 e. The topological polar surface area (TPSA) is 43.8 Å². The molecule has 1 rings (SSSR count). The lowest BCUT2D eigenvalue weighted by Crippen LogP contribution is -2.19. The van der Waals surface area contributed by atoms with Gasteiger partial charge >= 0.3 is 0 Å². The largest absolute Gasteiger partial charge is 0.328 e. The Labute approximate surface area is 101 Å². The molecule has 98 valence electrons. The molecule has 0 bridgehead atoms. The van der Waals surface area contributed by atoms with Crippen LogP contribution in [0.15, 0.2) is 0 Å². The summed E-state index contributed by atoms with van der Waals surface area (Å²) in [7, 11) is 0. The van der Waals surface area contributed by atoms with Gasteiger partial charge in [-0.25, -0.2) is 8.78 Å². The average Bonchev–Trinajstić information content (AvgIpc) is 2.53. The maximum Gasteiger partial charge on any atom is 0.257 e. The zero-order valence-corrected chi connectivity index (χ0v) is 10.7. The fraction of sp³-hybridized carbons (Fsp3) is 0.750. The van der Waals surface area contributed by atoms with E-state index in [1.165, 1.54) is 4.68 Å². The summed E-state index contributed by atoms with van der Waals surface area (Å²) in [6, 6.07) is 0.0230. The van der Waals surface area contributed by atoms with Crippen LogP contribution < -0.4 is 5.73 Å². The summed E-state index contributed by atoms with van der Waals surface area (Å²) >= 11 is 0. The van der Waals surface area contributed by atoms with E-state index in [1.807, 2.05) is 20.8 Å². The first-order chi connectivity index (χ1) is 7.99. The second-order valence-electron chi connectivity index (χ2n) is 4.33. The van der Waals surface area contributed by atoms with Crippen molar-refractivity contribution in [3.63, 3.8) is 0 Å². The van der Waals surface area contributed by atoms with Gasteiger partial charge in [-0.05, 0) is 31.7 Å². The third-order valence-electron chi connectivity index (χ3n) is 2.76. The van der Waals surface area contributed by atoms with Gasteiger partial charge in [0.2, 0.25) is 0 Å². The second-order valence-corrected chi connectivity index (χ2v) is 4.33. The first-order valence-corrected chi connectivity index (χ1v) is 6.10. The van der Waals surface area contributed by atoms with Crippen LogP contribution in [0.1, 0.15) is 37.7 Å². The van der Waals surface area contributed by atoms with Crippen molar-refractivity contribution in [2.45, 2.75) is 59.0 Å². The molecule has 0 saturated heterocycles. The third kappa shape index (κ3) is 3.49. The van der Waals surface area contributed by atoms with Gasteiger partial charge in [-0.1, -0.05) is 13.8 Å². The summed E-state index contributed by atoms with van der Waals surface area (Å²) in [6.07, 6.45) is -0.198. The molecule has 1 aromatic heterocycles. The molecule has 0 aliphatic rings. The number of aromatic nitrogens is 2. The first-order valence-electron chi connectivity index (χ1n) is 6.10. The Morgan fingerprint density at radius 3 is 2.35 bits per heavy atom. The van der Waals surface area contributed by atoms with Gasteiger partial charge < -0.3 is 5.73 Å². The molecule has 0 radical (unpaired) electrons. The normalized spacial score (nSPS) is 13.4. The van der Waals surface area contributed by atoms with Crippen molar-refractivity contribution in [2.24, 2.45) is 5.73 Å². The second kappa shape index (κ2) is 6.10. The van der Waals surface area contributed by atoms with E-state index in [0.717, 1.165) is 23.4 Å². The van der Waals surface area contributed by atoms with Crippen molar-refractivity contribution < 1.29 is 8.78 Å². The van der Waals surface area contributed by atoms with Crippen LogP contribution in [-0.4, -0.2) is 22.2 Å². The number of hydrogen-bond acceptors (Lipinski definition) is 2. The van der Waals surface area contributed by atoms with E-state index >= 15 is 0 Å². The Morgan fingerprint density at radius 2 is 1.94 bits per heavy atom. The Kier molecular flexibility index (Phi) is 5.05. The Bertz CT molecular complexity index is 359. The third-order valence-corrected chi connectivity index (χ3v) is 2.76. The Hall–Kier alpha value is -0.970. The number of rotatable bonds is 6. The van der Waals surface area contributed by atoms with E-state index in [2.05, 4.69) is 5.10 Å². The maximum absolute atomic E-state index is 12.5. The molecule has 1 atom stereocenters. The van der Waals surface area contributed by atoms with Gasteiger partial charge in [0.25, 0.3) is 6.43 Å². The fourth-order valence-corrected chi connectivity index (χ4v) is 2.11. The van der Waals surface area contributed by atoms with Crippen molar-refractivity contribution in [3.8, 4) is 0 Å². The van der Waals surface area contributed by atoms with Crippen molar-refractivity contribution in [3.05, 3.63) is 17.0 Å². The van der Waals surface area contributed by atoms with Gasteiger partial charge in [0.05, 0.1) is 5.69 Å². The van der Waals surface area contributed by atoms with Gasteiger partial charge in [-0.3, -0.25) is 4.68 Å².